The minimum Gasteiger partial charge on any atom is -0.466 e. The summed E-state index contributed by atoms with van der Waals surface area (Å²) in [4.78, 5) is 38.1. The molecular formula is C23H21N5O6. The number of hydrogen-bond acceptors (Lipinski definition) is 10. The van der Waals surface area contributed by atoms with E-state index in [2.05, 4.69) is 5.32 Å². The Morgan fingerprint density at radius 3 is 2.32 bits per heavy atom. The van der Waals surface area contributed by atoms with E-state index in [9.17, 15) is 25.0 Å². The lowest BCUT2D eigenvalue weighted by Crippen LogP contribution is -2.41. The normalized spacial score (nSPS) is 15.5. The van der Waals surface area contributed by atoms with E-state index in [1.807, 2.05) is 6.07 Å². The first-order valence-corrected chi connectivity index (χ1v) is 9.92. The van der Waals surface area contributed by atoms with Crippen LogP contribution in [0.25, 0.3) is 0 Å². The summed E-state index contributed by atoms with van der Waals surface area (Å²) >= 11 is 0. The van der Waals surface area contributed by atoms with Gasteiger partial charge in [-0.2, -0.15) is 5.26 Å². The zero-order valence-corrected chi connectivity index (χ0v) is 18.6. The molecule has 2 aromatic rings. The van der Waals surface area contributed by atoms with Gasteiger partial charge >= 0.3 is 11.9 Å². The molecule has 0 bridgehead atoms. The average Bonchev–Trinajstić information content (AvgIpc) is 2.86. The van der Waals surface area contributed by atoms with Crippen molar-refractivity contribution in [2.24, 2.45) is 5.73 Å². The second-order valence-corrected chi connectivity index (χ2v) is 7.04. The van der Waals surface area contributed by atoms with Gasteiger partial charge in [-0.05, 0) is 11.6 Å². The first-order valence-electron chi connectivity index (χ1n) is 9.92. The number of methoxy groups -OCH3 is 2. The number of allylic oxidation sites excluding steroid dienone is 1. The van der Waals surface area contributed by atoms with Crippen LogP contribution in [0.4, 0.5) is 17.1 Å². The molecule has 0 fully saturated rings. The largest absolute Gasteiger partial charge is 0.466 e. The highest BCUT2D eigenvalue weighted by Crippen LogP contribution is 2.45. The molecule has 2 aromatic carbocycles. The molecule has 0 radical (unpaired) electrons. The number of benzene rings is 2. The molecule has 174 valence electrons. The first-order chi connectivity index (χ1) is 16.3. The summed E-state index contributed by atoms with van der Waals surface area (Å²) in [6.45, 7) is 0. The second kappa shape index (κ2) is 9.74. The number of nitro benzene ring substituents is 1. The Bertz CT molecular complexity index is 1260. The van der Waals surface area contributed by atoms with Crippen molar-refractivity contribution in [1.29, 1.82) is 5.26 Å². The topological polar surface area (TPSA) is 161 Å². The van der Waals surface area contributed by atoms with Crippen molar-refractivity contribution >= 4 is 29.0 Å². The zero-order valence-electron chi connectivity index (χ0n) is 18.6. The highest BCUT2D eigenvalue weighted by atomic mass is 16.6. The van der Waals surface area contributed by atoms with Gasteiger partial charge in [-0.15, -0.1) is 0 Å². The number of nitrogens with two attached hydrogens (primary N) is 1. The second-order valence-electron chi connectivity index (χ2n) is 7.04. The number of anilines is 2. The van der Waals surface area contributed by atoms with Gasteiger partial charge in [0.25, 0.3) is 5.69 Å². The van der Waals surface area contributed by atoms with Crippen LogP contribution in [0.5, 0.6) is 0 Å². The van der Waals surface area contributed by atoms with E-state index in [-0.39, 0.29) is 34.0 Å². The Hall–Kier alpha value is -4.85. The standard InChI is InChI=1S/C23H21N5O6/c1-26-16-10-9-14(28(31)32)11-17(16)27-20(23(30)34-3)19(22(29)33-2)18(15(12-24)21(27)25)13-7-5-4-6-8-13/h4-11,18,26H,25H2,1-3H3. The molecule has 1 heterocycles. The molecule has 0 saturated heterocycles. The molecule has 1 atom stereocenters. The zero-order chi connectivity index (χ0) is 25.0. The van der Waals surface area contributed by atoms with Crippen LogP contribution in [0.1, 0.15) is 11.5 Å². The molecule has 3 rings (SSSR count). The lowest BCUT2D eigenvalue weighted by molar-refractivity contribution is -0.384. The van der Waals surface area contributed by atoms with Crippen LogP contribution >= 0.6 is 0 Å². The molecule has 0 spiro atoms. The van der Waals surface area contributed by atoms with Crippen LogP contribution in [0.3, 0.4) is 0 Å². The number of nitrogens with one attached hydrogen (secondary N) is 1. The van der Waals surface area contributed by atoms with Crippen molar-refractivity contribution < 1.29 is 24.0 Å². The summed E-state index contributed by atoms with van der Waals surface area (Å²) in [5.74, 6) is -3.08. The SMILES string of the molecule is CNc1ccc([N+](=O)[O-])cc1N1C(N)=C(C#N)C(c2ccccc2)C(C(=O)OC)=C1C(=O)OC. The van der Waals surface area contributed by atoms with Crippen LogP contribution in [-0.2, 0) is 19.1 Å². The van der Waals surface area contributed by atoms with E-state index >= 15 is 0 Å². The van der Waals surface area contributed by atoms with Crippen LogP contribution in [0, 0.1) is 21.4 Å². The molecule has 0 amide bonds. The fourth-order valence-electron chi connectivity index (χ4n) is 3.79. The summed E-state index contributed by atoms with van der Waals surface area (Å²) < 4.78 is 9.93. The van der Waals surface area contributed by atoms with E-state index in [1.54, 1.807) is 37.4 Å². The maximum absolute atomic E-state index is 13.1. The number of nitro groups is 1. The van der Waals surface area contributed by atoms with Crippen LogP contribution < -0.4 is 16.0 Å². The van der Waals surface area contributed by atoms with E-state index < -0.39 is 22.8 Å². The van der Waals surface area contributed by atoms with Gasteiger partial charge < -0.3 is 20.5 Å². The molecule has 1 aliphatic heterocycles. The van der Waals surface area contributed by atoms with Crippen LogP contribution in [0.2, 0.25) is 0 Å². The Labute approximate surface area is 194 Å². The number of rotatable bonds is 6. The number of nitriles is 1. The molecule has 1 aliphatic rings. The third-order valence-electron chi connectivity index (χ3n) is 5.31. The van der Waals surface area contributed by atoms with E-state index in [0.29, 0.717) is 11.3 Å². The molecule has 1 unspecified atom stereocenters. The molecule has 11 nitrogen and oxygen atoms in total. The fraction of sp³-hybridized carbons (Fsp3) is 0.174. The smallest absolute Gasteiger partial charge is 0.355 e. The minimum absolute atomic E-state index is 0.0483. The van der Waals surface area contributed by atoms with Crippen molar-refractivity contribution in [2.75, 3.05) is 31.5 Å². The summed E-state index contributed by atoms with van der Waals surface area (Å²) in [5, 5.41) is 24.4. The third-order valence-corrected chi connectivity index (χ3v) is 5.31. The fourth-order valence-corrected chi connectivity index (χ4v) is 3.79. The first kappa shape index (κ1) is 23.8. The molecule has 11 heteroatoms. The Morgan fingerprint density at radius 1 is 1.15 bits per heavy atom. The maximum Gasteiger partial charge on any atom is 0.355 e. The maximum atomic E-state index is 13.1. The number of ether oxygens (including phenoxy) is 2. The molecule has 3 N–H and O–H groups in total. The quantitative estimate of drug-likeness (QED) is 0.370. The third kappa shape index (κ3) is 4.00. The van der Waals surface area contributed by atoms with Crippen molar-refractivity contribution in [3.05, 3.63) is 86.9 Å². The van der Waals surface area contributed by atoms with E-state index in [0.717, 1.165) is 19.1 Å². The molecule has 0 aromatic heterocycles. The Kier molecular flexibility index (Phi) is 6.82. The highest BCUT2D eigenvalue weighted by molar-refractivity contribution is 6.07. The van der Waals surface area contributed by atoms with Crippen molar-refractivity contribution in [2.45, 2.75) is 5.92 Å². The number of nitrogens with zero attached hydrogens (tertiary/aromatic N) is 3. The average molecular weight is 463 g/mol. The Morgan fingerprint density at radius 2 is 1.79 bits per heavy atom. The Balaban J connectivity index is 2.48. The monoisotopic (exact) mass is 463 g/mol. The molecular weight excluding hydrogens is 442 g/mol. The number of esters is 2. The predicted molar refractivity (Wildman–Crippen MR) is 122 cm³/mol. The van der Waals surface area contributed by atoms with Crippen LogP contribution in [-0.4, -0.2) is 38.1 Å². The van der Waals surface area contributed by atoms with Gasteiger partial charge in [0, 0.05) is 19.2 Å². The van der Waals surface area contributed by atoms with Gasteiger partial charge in [0.1, 0.15) is 11.5 Å². The number of carbonyl (C=O) groups is 2. The van der Waals surface area contributed by atoms with Gasteiger partial charge in [-0.3, -0.25) is 15.0 Å². The van der Waals surface area contributed by atoms with Gasteiger partial charge in [-0.1, -0.05) is 30.3 Å². The van der Waals surface area contributed by atoms with Crippen molar-refractivity contribution in [1.82, 2.24) is 0 Å². The predicted octanol–water partition coefficient (Wildman–Crippen LogP) is 2.53. The lowest BCUT2D eigenvalue weighted by atomic mass is 9.81. The lowest BCUT2D eigenvalue weighted by Gasteiger charge is -2.36. The number of non-ortho nitro benzene ring substituents is 1. The van der Waals surface area contributed by atoms with E-state index in [4.69, 9.17) is 15.2 Å². The van der Waals surface area contributed by atoms with Crippen LogP contribution in [0.15, 0.2) is 71.2 Å². The summed E-state index contributed by atoms with van der Waals surface area (Å²) in [5.41, 5.74) is 6.48. The van der Waals surface area contributed by atoms with Crippen molar-refractivity contribution in [3.63, 3.8) is 0 Å². The molecule has 34 heavy (non-hydrogen) atoms. The summed E-state index contributed by atoms with van der Waals surface area (Å²) in [6.07, 6.45) is 0. The minimum atomic E-state index is -1.04. The van der Waals surface area contributed by atoms with Gasteiger partial charge in [0.2, 0.25) is 0 Å². The van der Waals surface area contributed by atoms with Crippen molar-refractivity contribution in [3.8, 4) is 6.07 Å². The van der Waals surface area contributed by atoms with Gasteiger partial charge in [-0.25, -0.2) is 9.59 Å². The van der Waals surface area contributed by atoms with E-state index in [1.165, 1.54) is 18.2 Å². The number of hydrogen-bond donors (Lipinski definition) is 2. The number of carbonyl (C=O) groups excluding carboxylic acids is 2. The van der Waals surface area contributed by atoms with Gasteiger partial charge in [0.15, 0.2) is 0 Å². The molecule has 0 aliphatic carbocycles. The summed E-state index contributed by atoms with van der Waals surface area (Å²) in [6, 6.07) is 14.4. The van der Waals surface area contributed by atoms with Gasteiger partial charge in [0.05, 0.1) is 53.7 Å². The highest BCUT2D eigenvalue weighted by Gasteiger charge is 2.43. The summed E-state index contributed by atoms with van der Waals surface area (Å²) in [7, 11) is 3.82. The molecule has 0 saturated carbocycles.